The maximum Gasteiger partial charge on any atom is 0.167 e. The zero-order valence-electron chi connectivity index (χ0n) is 9.09. The SMILES string of the molecule is Cc1noc2cc(C(C)(C)C)ccc12. The number of hydrogen-bond donors (Lipinski definition) is 0. The van der Waals surface area contributed by atoms with Crippen LogP contribution in [0.2, 0.25) is 0 Å². The Labute approximate surface area is 83.9 Å². The molecule has 0 N–H and O–H groups in total. The van der Waals surface area contributed by atoms with Crippen molar-refractivity contribution in [1.29, 1.82) is 0 Å². The van der Waals surface area contributed by atoms with E-state index in [-0.39, 0.29) is 5.41 Å². The van der Waals surface area contributed by atoms with Gasteiger partial charge in [0.2, 0.25) is 0 Å². The average molecular weight is 189 g/mol. The van der Waals surface area contributed by atoms with Crippen molar-refractivity contribution in [1.82, 2.24) is 5.16 Å². The summed E-state index contributed by atoms with van der Waals surface area (Å²) in [7, 11) is 0. The molecule has 0 radical (unpaired) electrons. The van der Waals surface area contributed by atoms with Crippen molar-refractivity contribution in [2.45, 2.75) is 33.1 Å². The standard InChI is InChI=1S/C12H15NO/c1-8-10-6-5-9(12(2,3)4)7-11(10)14-13-8/h5-7H,1-4H3. The molecule has 74 valence electrons. The first-order valence-corrected chi connectivity index (χ1v) is 4.85. The lowest BCUT2D eigenvalue weighted by atomic mass is 9.87. The molecule has 0 unspecified atom stereocenters. The molecule has 14 heavy (non-hydrogen) atoms. The summed E-state index contributed by atoms with van der Waals surface area (Å²) in [5, 5.41) is 5.05. The van der Waals surface area contributed by atoms with Gasteiger partial charge in [0.25, 0.3) is 0 Å². The van der Waals surface area contributed by atoms with Crippen molar-refractivity contribution in [2.75, 3.05) is 0 Å². The van der Waals surface area contributed by atoms with Crippen LogP contribution in [0.1, 0.15) is 32.0 Å². The molecule has 0 bridgehead atoms. The molecule has 1 aromatic heterocycles. The molecule has 0 aliphatic rings. The van der Waals surface area contributed by atoms with E-state index in [1.807, 2.05) is 6.92 Å². The van der Waals surface area contributed by atoms with Crippen LogP contribution in [0.3, 0.4) is 0 Å². The number of benzene rings is 1. The lowest BCUT2D eigenvalue weighted by Gasteiger charge is -2.18. The van der Waals surface area contributed by atoms with E-state index in [0.717, 1.165) is 16.7 Å². The highest BCUT2D eigenvalue weighted by Gasteiger charge is 2.15. The number of nitrogens with zero attached hydrogens (tertiary/aromatic N) is 1. The van der Waals surface area contributed by atoms with Crippen molar-refractivity contribution in [3.63, 3.8) is 0 Å². The van der Waals surface area contributed by atoms with Gasteiger partial charge in [-0.2, -0.15) is 0 Å². The highest BCUT2D eigenvalue weighted by Crippen LogP contribution is 2.27. The summed E-state index contributed by atoms with van der Waals surface area (Å²) in [6.45, 7) is 8.54. The van der Waals surface area contributed by atoms with Crippen molar-refractivity contribution in [3.05, 3.63) is 29.5 Å². The Morgan fingerprint density at radius 2 is 1.93 bits per heavy atom. The Balaban J connectivity index is 2.63. The Morgan fingerprint density at radius 3 is 2.57 bits per heavy atom. The van der Waals surface area contributed by atoms with Crippen LogP contribution in [0.15, 0.2) is 22.7 Å². The maximum atomic E-state index is 5.23. The molecule has 2 nitrogen and oxygen atoms in total. The van der Waals surface area contributed by atoms with E-state index in [1.165, 1.54) is 5.56 Å². The first-order valence-electron chi connectivity index (χ1n) is 4.85. The van der Waals surface area contributed by atoms with Gasteiger partial charge in [0.15, 0.2) is 5.58 Å². The summed E-state index contributed by atoms with van der Waals surface area (Å²) in [6, 6.07) is 6.31. The van der Waals surface area contributed by atoms with E-state index in [0.29, 0.717) is 0 Å². The average Bonchev–Trinajstić information content (AvgIpc) is 2.46. The largest absolute Gasteiger partial charge is 0.356 e. The third kappa shape index (κ3) is 1.41. The monoisotopic (exact) mass is 189 g/mol. The van der Waals surface area contributed by atoms with Crippen LogP contribution in [-0.4, -0.2) is 5.16 Å². The molecule has 1 heterocycles. The third-order valence-electron chi connectivity index (χ3n) is 2.52. The molecule has 0 saturated carbocycles. The molecule has 0 aliphatic heterocycles. The van der Waals surface area contributed by atoms with Gasteiger partial charge in [-0.25, -0.2) is 0 Å². The number of rotatable bonds is 0. The second kappa shape index (κ2) is 2.84. The van der Waals surface area contributed by atoms with Crippen molar-refractivity contribution < 1.29 is 4.52 Å². The van der Waals surface area contributed by atoms with Crippen LogP contribution in [0, 0.1) is 6.92 Å². The van der Waals surface area contributed by atoms with Gasteiger partial charge < -0.3 is 4.52 Å². The predicted octanol–water partition coefficient (Wildman–Crippen LogP) is 3.43. The molecule has 2 heteroatoms. The van der Waals surface area contributed by atoms with Crippen molar-refractivity contribution in [3.8, 4) is 0 Å². The molecular weight excluding hydrogens is 174 g/mol. The highest BCUT2D eigenvalue weighted by molar-refractivity contribution is 5.80. The lowest BCUT2D eigenvalue weighted by molar-refractivity contribution is 0.449. The predicted molar refractivity (Wildman–Crippen MR) is 57.4 cm³/mol. The van der Waals surface area contributed by atoms with Gasteiger partial charge >= 0.3 is 0 Å². The van der Waals surface area contributed by atoms with E-state index < -0.39 is 0 Å². The molecule has 0 amide bonds. The Kier molecular flexibility index (Phi) is 1.88. The molecular formula is C12H15NO. The van der Waals surface area contributed by atoms with Gasteiger partial charge in [0.1, 0.15) is 0 Å². The minimum atomic E-state index is 0.162. The van der Waals surface area contributed by atoms with Gasteiger partial charge in [-0.3, -0.25) is 0 Å². The minimum Gasteiger partial charge on any atom is -0.356 e. The van der Waals surface area contributed by atoms with E-state index in [4.69, 9.17) is 4.52 Å². The fourth-order valence-electron chi connectivity index (χ4n) is 1.53. The van der Waals surface area contributed by atoms with Crippen LogP contribution in [0.5, 0.6) is 0 Å². The van der Waals surface area contributed by atoms with E-state index in [9.17, 15) is 0 Å². The number of aromatic nitrogens is 1. The molecule has 0 aliphatic carbocycles. The quantitative estimate of drug-likeness (QED) is 0.634. The summed E-state index contributed by atoms with van der Waals surface area (Å²) in [5.41, 5.74) is 3.28. The molecule has 0 fully saturated rings. The highest BCUT2D eigenvalue weighted by atomic mass is 16.5. The third-order valence-corrected chi connectivity index (χ3v) is 2.52. The first kappa shape index (κ1) is 9.25. The molecule has 0 spiro atoms. The summed E-state index contributed by atoms with van der Waals surface area (Å²) in [5.74, 6) is 0. The van der Waals surface area contributed by atoms with E-state index in [2.05, 4.69) is 44.1 Å². The zero-order chi connectivity index (χ0) is 10.3. The zero-order valence-corrected chi connectivity index (χ0v) is 9.09. The van der Waals surface area contributed by atoms with Crippen LogP contribution < -0.4 is 0 Å². The summed E-state index contributed by atoms with van der Waals surface area (Å²) in [4.78, 5) is 0. The van der Waals surface area contributed by atoms with Crippen molar-refractivity contribution in [2.24, 2.45) is 0 Å². The van der Waals surface area contributed by atoms with E-state index in [1.54, 1.807) is 0 Å². The fourth-order valence-corrected chi connectivity index (χ4v) is 1.53. The second-order valence-electron chi connectivity index (χ2n) is 4.73. The van der Waals surface area contributed by atoms with Gasteiger partial charge in [0.05, 0.1) is 5.69 Å². The molecule has 1 aromatic carbocycles. The Morgan fingerprint density at radius 1 is 1.21 bits per heavy atom. The molecule has 0 saturated heterocycles. The van der Waals surface area contributed by atoms with Crippen LogP contribution >= 0.6 is 0 Å². The lowest BCUT2D eigenvalue weighted by Crippen LogP contribution is -2.10. The Hall–Kier alpha value is -1.31. The number of fused-ring (bicyclic) bond motifs is 1. The van der Waals surface area contributed by atoms with Crippen molar-refractivity contribution >= 4 is 11.0 Å². The molecule has 0 atom stereocenters. The maximum absolute atomic E-state index is 5.23. The topological polar surface area (TPSA) is 26.0 Å². The number of hydrogen-bond acceptors (Lipinski definition) is 2. The Bertz CT molecular complexity index is 463. The normalized spacial score (nSPS) is 12.3. The van der Waals surface area contributed by atoms with Gasteiger partial charge in [-0.1, -0.05) is 32.0 Å². The summed E-state index contributed by atoms with van der Waals surface area (Å²) in [6.07, 6.45) is 0. The number of aryl methyl sites for hydroxylation is 1. The first-order chi connectivity index (χ1) is 6.48. The smallest absolute Gasteiger partial charge is 0.167 e. The van der Waals surface area contributed by atoms with Gasteiger partial charge in [-0.15, -0.1) is 0 Å². The van der Waals surface area contributed by atoms with Crippen LogP contribution in [0.25, 0.3) is 11.0 Å². The van der Waals surface area contributed by atoms with E-state index >= 15 is 0 Å². The second-order valence-corrected chi connectivity index (χ2v) is 4.73. The molecule has 2 rings (SSSR count). The fraction of sp³-hybridized carbons (Fsp3) is 0.417. The van der Waals surface area contributed by atoms with Crippen LogP contribution in [-0.2, 0) is 5.41 Å². The van der Waals surface area contributed by atoms with Crippen LogP contribution in [0.4, 0.5) is 0 Å². The van der Waals surface area contributed by atoms with Gasteiger partial charge in [0, 0.05) is 5.39 Å². The summed E-state index contributed by atoms with van der Waals surface area (Å²) < 4.78 is 5.23. The minimum absolute atomic E-state index is 0.162. The van der Waals surface area contributed by atoms with Gasteiger partial charge in [-0.05, 0) is 30.0 Å². The molecule has 2 aromatic rings. The summed E-state index contributed by atoms with van der Waals surface area (Å²) >= 11 is 0.